The van der Waals surface area contributed by atoms with Gasteiger partial charge in [0.25, 0.3) is 5.91 Å². The van der Waals surface area contributed by atoms with Gasteiger partial charge in [0.2, 0.25) is 0 Å². The van der Waals surface area contributed by atoms with Gasteiger partial charge in [0.1, 0.15) is 11.5 Å². The number of nitrogens with zero attached hydrogens (tertiary/aromatic N) is 3. The van der Waals surface area contributed by atoms with Crippen LogP contribution in [0.4, 0.5) is 0 Å². The van der Waals surface area contributed by atoms with Gasteiger partial charge in [0.15, 0.2) is 5.69 Å². The quantitative estimate of drug-likeness (QED) is 0.476. The smallest absolute Gasteiger partial charge is 0.274 e. The van der Waals surface area contributed by atoms with E-state index in [0.717, 1.165) is 17.0 Å². The summed E-state index contributed by atoms with van der Waals surface area (Å²) in [6.07, 6.45) is 0. The number of carbonyl (C=O) groups excluding carboxylic acids is 1. The van der Waals surface area contributed by atoms with Gasteiger partial charge < -0.3 is 9.64 Å². The molecule has 1 amide bonds. The Morgan fingerprint density at radius 3 is 2.11 bits per heavy atom. The van der Waals surface area contributed by atoms with E-state index in [4.69, 9.17) is 4.74 Å². The number of hydrogen-bond acceptors (Lipinski definition) is 4. The van der Waals surface area contributed by atoms with Crippen LogP contribution in [0.1, 0.15) is 59.0 Å². The van der Waals surface area contributed by atoms with Crippen LogP contribution in [0.3, 0.4) is 0 Å². The minimum Gasteiger partial charge on any atom is -0.457 e. The maximum absolute atomic E-state index is 13.8. The maximum atomic E-state index is 13.8. The number of nitrogens with one attached hydrogen (secondary N) is 1. The van der Waals surface area contributed by atoms with Crippen LogP contribution in [-0.2, 0) is 0 Å². The first kappa shape index (κ1) is 25.0. The number of aromatic nitrogens is 2. The zero-order chi connectivity index (χ0) is 25.8. The number of likely N-dealkylation sites (N-methyl/N-ethyl adjacent to an activating group) is 2. The van der Waals surface area contributed by atoms with Crippen molar-refractivity contribution in [2.75, 3.05) is 14.1 Å². The Labute approximate surface area is 209 Å². The summed E-state index contributed by atoms with van der Waals surface area (Å²) in [5.74, 6) is 1.34. The number of amides is 1. The van der Waals surface area contributed by atoms with Crippen LogP contribution in [0.5, 0.6) is 11.5 Å². The minimum atomic E-state index is -0.456. The van der Waals surface area contributed by atoms with Crippen LogP contribution >= 0.6 is 0 Å². The van der Waals surface area contributed by atoms with Crippen molar-refractivity contribution < 1.29 is 9.53 Å². The summed E-state index contributed by atoms with van der Waals surface area (Å²) in [6.45, 7) is 15.7. The number of hydrogen-bond donors (Lipinski definition) is 1. The molecule has 0 aliphatic carbocycles. The standard InChI is InChI=1S/C29H38N4O2/c1-26(2)27(3,4)33(9)28(5,6)29(26,7)32(8)25(34)23-19-22(30-31-23)21-17-13-14-18-24(21)35-20-15-11-10-12-16-20/h10-19H,1-9H3,(H,30,31). The molecular formula is C29H38N4O2. The average Bonchev–Trinajstić information content (AvgIpc) is 3.34. The molecule has 1 aromatic heterocycles. The molecule has 1 saturated heterocycles. The van der Waals surface area contributed by atoms with Gasteiger partial charge in [0.05, 0.1) is 11.2 Å². The van der Waals surface area contributed by atoms with E-state index in [9.17, 15) is 4.79 Å². The van der Waals surface area contributed by atoms with E-state index in [2.05, 4.69) is 70.6 Å². The Morgan fingerprint density at radius 2 is 1.51 bits per heavy atom. The highest BCUT2D eigenvalue weighted by atomic mass is 16.5. The van der Waals surface area contributed by atoms with Crippen LogP contribution < -0.4 is 4.74 Å². The van der Waals surface area contributed by atoms with Gasteiger partial charge in [-0.3, -0.25) is 14.8 Å². The Morgan fingerprint density at radius 1 is 0.914 bits per heavy atom. The maximum Gasteiger partial charge on any atom is 0.274 e. The summed E-state index contributed by atoms with van der Waals surface area (Å²) in [6, 6.07) is 19.2. The number of rotatable bonds is 5. The van der Waals surface area contributed by atoms with Gasteiger partial charge >= 0.3 is 0 Å². The van der Waals surface area contributed by atoms with Crippen molar-refractivity contribution >= 4 is 5.91 Å². The SMILES string of the molecule is CN1C(C)(C)C(C)(C)C(C)(N(C)C(=O)c2cc(-c3ccccc3Oc3ccccc3)[nH]n2)C1(C)C. The zero-order valence-corrected chi connectivity index (χ0v) is 22.4. The zero-order valence-electron chi connectivity index (χ0n) is 22.4. The summed E-state index contributed by atoms with van der Waals surface area (Å²) in [5.41, 5.74) is 0.933. The fourth-order valence-corrected chi connectivity index (χ4v) is 5.97. The number of H-pyrrole nitrogens is 1. The summed E-state index contributed by atoms with van der Waals surface area (Å²) in [5, 5.41) is 7.50. The molecule has 1 aliphatic rings. The molecule has 0 spiro atoms. The molecule has 1 unspecified atom stereocenters. The van der Waals surface area contributed by atoms with E-state index < -0.39 is 5.54 Å². The highest BCUT2D eigenvalue weighted by Crippen LogP contribution is 2.60. The molecule has 2 aromatic carbocycles. The second-order valence-corrected chi connectivity index (χ2v) is 11.3. The molecule has 35 heavy (non-hydrogen) atoms. The molecule has 6 heteroatoms. The van der Waals surface area contributed by atoms with Gasteiger partial charge in [-0.05, 0) is 72.0 Å². The largest absolute Gasteiger partial charge is 0.457 e. The third-order valence-electron chi connectivity index (χ3n) is 9.54. The van der Waals surface area contributed by atoms with Crippen LogP contribution in [0, 0.1) is 5.41 Å². The van der Waals surface area contributed by atoms with E-state index in [0.29, 0.717) is 11.4 Å². The first-order valence-corrected chi connectivity index (χ1v) is 12.2. The number of carbonyl (C=O) groups is 1. The van der Waals surface area contributed by atoms with E-state index in [1.807, 2.05) is 72.6 Å². The normalized spacial score (nSPS) is 22.7. The monoisotopic (exact) mass is 474 g/mol. The van der Waals surface area contributed by atoms with Crippen molar-refractivity contribution in [3.05, 3.63) is 66.4 Å². The molecule has 1 fully saturated rings. The Bertz CT molecular complexity index is 1230. The molecule has 1 N–H and O–H groups in total. The van der Waals surface area contributed by atoms with E-state index in [1.54, 1.807) is 0 Å². The van der Waals surface area contributed by atoms with Crippen molar-refractivity contribution in [2.24, 2.45) is 5.41 Å². The average molecular weight is 475 g/mol. The Hall–Kier alpha value is -3.12. The van der Waals surface area contributed by atoms with Crippen molar-refractivity contribution in [3.63, 3.8) is 0 Å². The van der Waals surface area contributed by atoms with E-state index in [1.165, 1.54) is 0 Å². The molecule has 0 bridgehead atoms. The molecule has 1 atom stereocenters. The molecule has 4 rings (SSSR count). The molecule has 0 radical (unpaired) electrons. The van der Waals surface area contributed by atoms with Crippen LogP contribution in [0.25, 0.3) is 11.3 Å². The number of para-hydroxylation sites is 2. The molecule has 3 aromatic rings. The summed E-state index contributed by atoms with van der Waals surface area (Å²) < 4.78 is 6.12. The first-order valence-electron chi connectivity index (χ1n) is 12.2. The fraction of sp³-hybridized carbons (Fsp3) is 0.448. The molecule has 0 saturated carbocycles. The van der Waals surface area contributed by atoms with Crippen LogP contribution in [-0.4, -0.2) is 56.6 Å². The highest BCUT2D eigenvalue weighted by molar-refractivity contribution is 5.94. The topological polar surface area (TPSA) is 61.5 Å². The number of ether oxygens (including phenoxy) is 1. The summed E-state index contributed by atoms with van der Waals surface area (Å²) >= 11 is 0. The lowest BCUT2D eigenvalue weighted by Gasteiger charge is -2.53. The van der Waals surface area contributed by atoms with Gasteiger partial charge in [0, 0.05) is 29.1 Å². The molecule has 6 nitrogen and oxygen atoms in total. The summed E-state index contributed by atoms with van der Waals surface area (Å²) in [7, 11) is 4.06. The molecular weight excluding hydrogens is 436 g/mol. The lowest BCUT2D eigenvalue weighted by atomic mass is 9.61. The van der Waals surface area contributed by atoms with Crippen molar-refractivity contribution in [2.45, 2.75) is 65.1 Å². The van der Waals surface area contributed by atoms with Gasteiger partial charge in [-0.15, -0.1) is 0 Å². The Balaban J connectivity index is 1.67. The third kappa shape index (κ3) is 3.49. The molecule has 2 heterocycles. The van der Waals surface area contributed by atoms with Crippen molar-refractivity contribution in [1.82, 2.24) is 20.0 Å². The number of benzene rings is 2. The minimum absolute atomic E-state index is 0.108. The van der Waals surface area contributed by atoms with Crippen molar-refractivity contribution in [1.29, 1.82) is 0 Å². The Kier molecular flexibility index (Phi) is 5.88. The van der Waals surface area contributed by atoms with E-state index >= 15 is 0 Å². The highest BCUT2D eigenvalue weighted by Gasteiger charge is 2.70. The predicted octanol–water partition coefficient (Wildman–Crippen LogP) is 6.23. The van der Waals surface area contributed by atoms with Crippen LogP contribution in [0.15, 0.2) is 60.7 Å². The predicted molar refractivity (Wildman–Crippen MR) is 141 cm³/mol. The van der Waals surface area contributed by atoms with Crippen LogP contribution in [0.2, 0.25) is 0 Å². The molecule has 186 valence electrons. The summed E-state index contributed by atoms with van der Waals surface area (Å²) in [4.78, 5) is 18.1. The fourth-order valence-electron chi connectivity index (χ4n) is 5.97. The van der Waals surface area contributed by atoms with E-state index in [-0.39, 0.29) is 22.4 Å². The van der Waals surface area contributed by atoms with Gasteiger partial charge in [-0.25, -0.2) is 0 Å². The first-order chi connectivity index (χ1) is 16.3. The third-order valence-corrected chi connectivity index (χ3v) is 9.54. The number of aromatic amines is 1. The van der Waals surface area contributed by atoms with Gasteiger partial charge in [-0.2, -0.15) is 5.10 Å². The second kappa shape index (κ2) is 8.23. The lowest BCUT2D eigenvalue weighted by molar-refractivity contribution is -0.00626. The van der Waals surface area contributed by atoms with Crippen molar-refractivity contribution in [3.8, 4) is 22.8 Å². The van der Waals surface area contributed by atoms with Gasteiger partial charge in [-0.1, -0.05) is 44.2 Å². The molecule has 1 aliphatic heterocycles. The number of likely N-dealkylation sites (tertiary alicyclic amines) is 1. The lowest BCUT2D eigenvalue weighted by Crippen LogP contribution is -2.65. The second-order valence-electron chi connectivity index (χ2n) is 11.3.